The zero-order chi connectivity index (χ0) is 31.1. The second-order valence-electron chi connectivity index (χ2n) is 10.0. The van der Waals surface area contributed by atoms with Gasteiger partial charge in [0.05, 0.1) is 36.5 Å². The first-order valence-corrected chi connectivity index (χ1v) is 12.6. The van der Waals surface area contributed by atoms with Crippen molar-refractivity contribution >= 4 is 6.09 Å². The lowest BCUT2D eigenvalue weighted by atomic mass is 9.94. The number of hydrogen-bond acceptors (Lipinski definition) is 5. The highest BCUT2D eigenvalue weighted by Crippen LogP contribution is 2.42. The van der Waals surface area contributed by atoms with Crippen LogP contribution in [0.3, 0.4) is 0 Å². The summed E-state index contributed by atoms with van der Waals surface area (Å²) in [6, 6.07) is 7.57. The predicted molar refractivity (Wildman–Crippen MR) is 136 cm³/mol. The van der Waals surface area contributed by atoms with Crippen molar-refractivity contribution in [3.8, 4) is 22.9 Å². The summed E-state index contributed by atoms with van der Waals surface area (Å²) in [7, 11) is 1.33. The van der Waals surface area contributed by atoms with Gasteiger partial charge in [0.2, 0.25) is 0 Å². The topological polar surface area (TPSA) is 75.5 Å². The summed E-state index contributed by atoms with van der Waals surface area (Å²) in [5.41, 5.74) is -2.30. The van der Waals surface area contributed by atoms with Gasteiger partial charge in [-0.25, -0.2) is 14.2 Å². The molecule has 3 aromatic rings. The van der Waals surface area contributed by atoms with E-state index in [1.807, 2.05) is 6.07 Å². The second kappa shape index (κ2) is 11.2. The summed E-state index contributed by atoms with van der Waals surface area (Å²) in [5.74, 6) is -0.580. The average molecular weight is 596 g/mol. The third-order valence-corrected chi connectivity index (χ3v) is 6.97. The van der Waals surface area contributed by atoms with E-state index in [1.165, 1.54) is 32.2 Å². The summed E-state index contributed by atoms with van der Waals surface area (Å²) in [6.45, 7) is 4.65. The van der Waals surface area contributed by atoms with Gasteiger partial charge in [-0.2, -0.15) is 31.6 Å². The smallest absolute Gasteiger partial charge is 0.416 e. The number of carbonyl (C=O) groups is 1. The molecule has 2 heterocycles. The molecule has 13 heteroatoms. The monoisotopic (exact) mass is 595 g/mol. The number of benzene rings is 2. The standard InChI is InChI=1S/C29H24F7N3O3/c1-14(2)21-10-22(25(41-4)11-23(21)30)20-6-5-19(12-37)38-24(20)13-39-15(3)26(42-27(39)40)16-7-17(28(31,32)33)9-18(8-16)29(34,35)36/h5-11,14-15,26H,13H2,1-4H3/t15-,26-/m0/s1. The Bertz CT molecular complexity index is 1530. The summed E-state index contributed by atoms with van der Waals surface area (Å²) in [6.07, 6.45) is -12.7. The zero-order valence-corrected chi connectivity index (χ0v) is 22.7. The van der Waals surface area contributed by atoms with Gasteiger partial charge < -0.3 is 9.47 Å². The number of methoxy groups -OCH3 is 1. The summed E-state index contributed by atoms with van der Waals surface area (Å²) in [4.78, 5) is 18.3. The van der Waals surface area contributed by atoms with E-state index in [4.69, 9.17) is 9.47 Å². The zero-order valence-electron chi connectivity index (χ0n) is 22.7. The van der Waals surface area contributed by atoms with Crippen LogP contribution >= 0.6 is 0 Å². The third-order valence-electron chi connectivity index (χ3n) is 6.97. The fourth-order valence-electron chi connectivity index (χ4n) is 4.79. The minimum absolute atomic E-state index is 0.00616. The average Bonchev–Trinajstić information content (AvgIpc) is 3.20. The molecular weight excluding hydrogens is 571 g/mol. The number of nitriles is 1. The molecule has 1 aliphatic rings. The highest BCUT2D eigenvalue weighted by molar-refractivity contribution is 5.75. The van der Waals surface area contributed by atoms with Crippen LogP contribution in [0.5, 0.6) is 5.75 Å². The van der Waals surface area contributed by atoms with Crippen LogP contribution in [0.2, 0.25) is 0 Å². The number of hydrogen-bond donors (Lipinski definition) is 0. The van der Waals surface area contributed by atoms with E-state index < -0.39 is 53.1 Å². The van der Waals surface area contributed by atoms with Crippen LogP contribution < -0.4 is 4.74 Å². The van der Waals surface area contributed by atoms with Crippen molar-refractivity contribution in [1.82, 2.24) is 9.88 Å². The number of rotatable bonds is 6. The van der Waals surface area contributed by atoms with Crippen molar-refractivity contribution in [2.45, 2.75) is 57.7 Å². The molecule has 0 N–H and O–H groups in total. The van der Waals surface area contributed by atoms with E-state index in [1.54, 1.807) is 19.9 Å². The van der Waals surface area contributed by atoms with Crippen LogP contribution in [0.1, 0.15) is 66.4 Å². The Morgan fingerprint density at radius 2 is 1.64 bits per heavy atom. The Kier molecular flexibility index (Phi) is 8.13. The maximum absolute atomic E-state index is 14.7. The summed E-state index contributed by atoms with van der Waals surface area (Å²) >= 11 is 0. The molecular formula is C29H24F7N3O3. The van der Waals surface area contributed by atoms with Gasteiger partial charge >= 0.3 is 18.4 Å². The third kappa shape index (κ3) is 5.98. The molecule has 0 unspecified atom stereocenters. The Morgan fingerprint density at radius 1 is 1.02 bits per heavy atom. The van der Waals surface area contributed by atoms with Gasteiger partial charge in [-0.3, -0.25) is 4.90 Å². The van der Waals surface area contributed by atoms with Crippen LogP contribution in [0.4, 0.5) is 35.5 Å². The molecule has 42 heavy (non-hydrogen) atoms. The lowest BCUT2D eigenvalue weighted by Gasteiger charge is -2.23. The molecule has 1 aliphatic heterocycles. The van der Waals surface area contributed by atoms with Crippen molar-refractivity contribution in [3.05, 3.63) is 81.9 Å². The van der Waals surface area contributed by atoms with E-state index in [-0.39, 0.29) is 35.7 Å². The number of nitrogens with zero attached hydrogens (tertiary/aromatic N) is 3. The molecule has 1 aromatic heterocycles. The molecule has 0 radical (unpaired) electrons. The molecule has 4 rings (SSSR count). The number of pyridine rings is 1. The van der Waals surface area contributed by atoms with Crippen LogP contribution in [0.15, 0.2) is 42.5 Å². The van der Waals surface area contributed by atoms with E-state index in [0.717, 1.165) is 4.90 Å². The van der Waals surface area contributed by atoms with Crippen molar-refractivity contribution in [1.29, 1.82) is 5.26 Å². The van der Waals surface area contributed by atoms with Crippen LogP contribution in [-0.2, 0) is 23.6 Å². The molecule has 1 amide bonds. The molecule has 6 nitrogen and oxygen atoms in total. The molecule has 0 saturated carbocycles. The molecule has 2 aromatic carbocycles. The summed E-state index contributed by atoms with van der Waals surface area (Å²) < 4.78 is 106. The van der Waals surface area contributed by atoms with Gasteiger partial charge in [-0.1, -0.05) is 13.8 Å². The number of alkyl halides is 6. The second-order valence-corrected chi connectivity index (χ2v) is 10.0. The Balaban J connectivity index is 1.78. The van der Waals surface area contributed by atoms with Crippen LogP contribution in [0, 0.1) is 17.1 Å². The molecule has 0 aliphatic carbocycles. The van der Waals surface area contributed by atoms with E-state index >= 15 is 0 Å². The first-order valence-electron chi connectivity index (χ1n) is 12.6. The molecule has 0 bridgehead atoms. The van der Waals surface area contributed by atoms with Gasteiger partial charge in [-0.15, -0.1) is 0 Å². The SMILES string of the molecule is COc1cc(F)c(C(C)C)cc1-c1ccc(C#N)nc1CN1C(=O)O[C@H](c2cc(C(F)(F)F)cc(C(F)(F)F)c2)[C@@H]1C. The van der Waals surface area contributed by atoms with E-state index in [9.17, 15) is 40.8 Å². The van der Waals surface area contributed by atoms with Crippen molar-refractivity contribution < 1.29 is 45.0 Å². The Morgan fingerprint density at radius 3 is 2.17 bits per heavy atom. The molecule has 222 valence electrons. The first-order chi connectivity index (χ1) is 19.5. The fourth-order valence-corrected chi connectivity index (χ4v) is 4.79. The molecule has 0 spiro atoms. The minimum Gasteiger partial charge on any atom is -0.496 e. The number of cyclic esters (lactones) is 1. The molecule has 1 saturated heterocycles. The first kappa shape index (κ1) is 30.6. The molecule has 2 atom stereocenters. The van der Waals surface area contributed by atoms with Gasteiger partial charge in [0.15, 0.2) is 0 Å². The number of carbonyl (C=O) groups excluding carboxylic acids is 1. The van der Waals surface area contributed by atoms with Crippen molar-refractivity contribution in [2.75, 3.05) is 7.11 Å². The molecule has 1 fully saturated rings. The summed E-state index contributed by atoms with van der Waals surface area (Å²) in [5, 5.41) is 9.44. The predicted octanol–water partition coefficient (Wildman–Crippen LogP) is 8.01. The van der Waals surface area contributed by atoms with Gasteiger partial charge in [0.25, 0.3) is 0 Å². The Hall–Kier alpha value is -4.34. The van der Waals surface area contributed by atoms with Gasteiger partial charge in [0.1, 0.15) is 29.4 Å². The lowest BCUT2D eigenvalue weighted by molar-refractivity contribution is -0.143. The van der Waals surface area contributed by atoms with Crippen LogP contribution in [0.25, 0.3) is 11.1 Å². The minimum atomic E-state index is -5.08. The highest BCUT2D eigenvalue weighted by Gasteiger charge is 2.43. The van der Waals surface area contributed by atoms with Crippen molar-refractivity contribution in [3.63, 3.8) is 0 Å². The van der Waals surface area contributed by atoms with Gasteiger partial charge in [-0.05, 0) is 60.4 Å². The largest absolute Gasteiger partial charge is 0.496 e. The number of ether oxygens (including phenoxy) is 2. The highest BCUT2D eigenvalue weighted by atomic mass is 19.4. The van der Waals surface area contributed by atoms with Crippen molar-refractivity contribution in [2.24, 2.45) is 0 Å². The van der Waals surface area contributed by atoms with Crippen LogP contribution in [-0.4, -0.2) is 29.1 Å². The maximum Gasteiger partial charge on any atom is 0.416 e. The van der Waals surface area contributed by atoms with Gasteiger partial charge in [0, 0.05) is 17.2 Å². The van der Waals surface area contributed by atoms with E-state index in [0.29, 0.717) is 28.8 Å². The number of halogens is 7. The maximum atomic E-state index is 14.7. The normalized spacial score (nSPS) is 17.4. The lowest BCUT2D eigenvalue weighted by Crippen LogP contribution is -2.32. The van der Waals surface area contributed by atoms with E-state index in [2.05, 4.69) is 4.98 Å². The number of amides is 1. The Labute approximate surface area is 236 Å². The quantitative estimate of drug-likeness (QED) is 0.270. The fraction of sp³-hybridized carbons (Fsp3) is 0.345. The number of aromatic nitrogens is 1.